The minimum Gasteiger partial charge on any atom is -0.506 e. The third-order valence-corrected chi connectivity index (χ3v) is 5.93. The molecule has 0 saturated carbocycles. The highest BCUT2D eigenvalue weighted by atomic mass is 16.4. The van der Waals surface area contributed by atoms with E-state index in [1.54, 1.807) is 24.3 Å². The van der Waals surface area contributed by atoms with Gasteiger partial charge in [-0.15, -0.1) is 0 Å². The Morgan fingerprint density at radius 1 is 1.16 bits per heavy atom. The van der Waals surface area contributed by atoms with Gasteiger partial charge in [-0.25, -0.2) is 9.78 Å². The van der Waals surface area contributed by atoms with E-state index in [9.17, 15) is 9.90 Å². The smallest absolute Gasteiger partial charge is 0.348 e. The number of aromatic hydroxyl groups is 1. The molecule has 4 aromatic rings. The average molecular weight is 416 g/mol. The van der Waals surface area contributed by atoms with Crippen LogP contribution in [0.5, 0.6) is 5.75 Å². The van der Waals surface area contributed by atoms with Gasteiger partial charge < -0.3 is 14.1 Å². The zero-order valence-corrected chi connectivity index (χ0v) is 17.4. The molecule has 31 heavy (non-hydrogen) atoms. The van der Waals surface area contributed by atoms with Gasteiger partial charge in [-0.2, -0.15) is 0 Å². The second-order valence-corrected chi connectivity index (χ2v) is 8.00. The maximum atomic E-state index is 12.3. The minimum absolute atomic E-state index is 0.0330. The molecule has 1 fully saturated rings. The van der Waals surface area contributed by atoms with Crippen LogP contribution in [0, 0.1) is 0 Å². The molecule has 7 heteroatoms. The van der Waals surface area contributed by atoms with E-state index in [2.05, 4.69) is 14.5 Å². The molecule has 5 rings (SSSR count). The number of likely N-dealkylation sites (tertiary alicyclic amines) is 1. The average Bonchev–Trinajstić information content (AvgIpc) is 3.09. The Morgan fingerprint density at radius 2 is 1.97 bits per heavy atom. The van der Waals surface area contributed by atoms with E-state index in [4.69, 9.17) is 9.40 Å². The summed E-state index contributed by atoms with van der Waals surface area (Å²) in [6.45, 7) is 3.09. The number of hydrogen-bond acceptors (Lipinski definition) is 6. The van der Waals surface area contributed by atoms with E-state index in [-0.39, 0.29) is 11.3 Å². The summed E-state index contributed by atoms with van der Waals surface area (Å²) in [7, 11) is 2.04. The van der Waals surface area contributed by atoms with Crippen LogP contribution in [0.3, 0.4) is 0 Å². The van der Waals surface area contributed by atoms with Gasteiger partial charge in [0.2, 0.25) is 0 Å². The van der Waals surface area contributed by atoms with Crippen molar-refractivity contribution in [2.45, 2.75) is 25.8 Å². The predicted octanol–water partition coefficient (Wildman–Crippen LogP) is 4.12. The van der Waals surface area contributed by atoms with Crippen molar-refractivity contribution in [2.24, 2.45) is 12.0 Å². The molecule has 0 bridgehead atoms. The number of fused-ring (bicyclic) bond motifs is 2. The number of para-hydroxylation sites is 1. The maximum Gasteiger partial charge on any atom is 0.348 e. The molecule has 2 aromatic heterocycles. The van der Waals surface area contributed by atoms with Gasteiger partial charge in [0.1, 0.15) is 22.7 Å². The normalized spacial score (nSPS) is 15.4. The zero-order chi connectivity index (χ0) is 21.4. The van der Waals surface area contributed by atoms with Crippen molar-refractivity contribution >= 4 is 33.9 Å². The summed E-state index contributed by atoms with van der Waals surface area (Å²) < 4.78 is 7.42. The van der Waals surface area contributed by atoms with Gasteiger partial charge >= 0.3 is 5.63 Å². The van der Waals surface area contributed by atoms with Crippen LogP contribution in [0.15, 0.2) is 56.7 Å². The van der Waals surface area contributed by atoms with E-state index < -0.39 is 5.63 Å². The largest absolute Gasteiger partial charge is 0.506 e. The van der Waals surface area contributed by atoms with Crippen LogP contribution in [0.4, 0.5) is 5.69 Å². The Bertz CT molecular complexity index is 1350. The molecule has 0 spiro atoms. The number of nitrogens with zero attached hydrogens (tertiary/aromatic N) is 4. The fourth-order valence-electron chi connectivity index (χ4n) is 4.18. The van der Waals surface area contributed by atoms with Crippen molar-refractivity contribution in [3.63, 3.8) is 0 Å². The van der Waals surface area contributed by atoms with Crippen molar-refractivity contribution in [3.05, 3.63) is 64.3 Å². The lowest BCUT2D eigenvalue weighted by Gasteiger charge is -2.25. The molecule has 0 radical (unpaired) electrons. The number of hydrogen-bond donors (Lipinski definition) is 1. The van der Waals surface area contributed by atoms with Gasteiger partial charge in [-0.3, -0.25) is 9.89 Å². The van der Waals surface area contributed by atoms with E-state index >= 15 is 0 Å². The first-order chi connectivity index (χ1) is 15.1. The maximum absolute atomic E-state index is 12.3. The number of aryl methyl sites for hydroxylation is 1. The molecular formula is C24H24N4O3. The van der Waals surface area contributed by atoms with E-state index in [0.717, 1.165) is 36.5 Å². The number of imidazole rings is 1. The fourth-order valence-corrected chi connectivity index (χ4v) is 4.18. The number of aliphatic imine (C=N–C) groups is 1. The van der Waals surface area contributed by atoms with Crippen LogP contribution in [0.25, 0.3) is 22.0 Å². The van der Waals surface area contributed by atoms with Crippen LogP contribution in [-0.4, -0.2) is 38.9 Å². The molecule has 0 amide bonds. The summed E-state index contributed by atoms with van der Waals surface area (Å²) >= 11 is 0. The van der Waals surface area contributed by atoms with E-state index in [1.165, 1.54) is 25.5 Å². The molecule has 7 nitrogen and oxygen atoms in total. The van der Waals surface area contributed by atoms with Crippen molar-refractivity contribution in [3.8, 4) is 5.75 Å². The van der Waals surface area contributed by atoms with Crippen LogP contribution in [-0.2, 0) is 13.6 Å². The summed E-state index contributed by atoms with van der Waals surface area (Å²) in [5, 5.41) is 11.0. The Hall–Kier alpha value is -3.45. The van der Waals surface area contributed by atoms with Gasteiger partial charge in [-0.05, 0) is 56.3 Å². The standard InChI is InChI=1S/C24H24N4O3/c1-27-20-10-9-16(13-19(20)26-22(27)15-28-11-5-2-6-12-28)25-14-18-23(29)17-7-3-4-8-21(17)31-24(18)30/h3-4,7-10,13-14,29H,2,5-6,11-12,15H2,1H3. The highest BCUT2D eigenvalue weighted by Gasteiger charge is 2.15. The quantitative estimate of drug-likeness (QED) is 0.400. The third-order valence-electron chi connectivity index (χ3n) is 5.93. The molecular weight excluding hydrogens is 392 g/mol. The summed E-state index contributed by atoms with van der Waals surface area (Å²) in [6.07, 6.45) is 5.16. The van der Waals surface area contributed by atoms with Gasteiger partial charge in [0.15, 0.2) is 0 Å². The Kier molecular flexibility index (Phi) is 5.03. The van der Waals surface area contributed by atoms with Crippen molar-refractivity contribution in [1.82, 2.24) is 14.5 Å². The number of benzene rings is 2. The van der Waals surface area contributed by atoms with Crippen LogP contribution < -0.4 is 5.63 Å². The first-order valence-corrected chi connectivity index (χ1v) is 10.6. The summed E-state index contributed by atoms with van der Waals surface area (Å²) in [5.41, 5.74) is 2.31. The lowest BCUT2D eigenvalue weighted by Crippen LogP contribution is -2.30. The SMILES string of the molecule is Cn1c(CN2CCCCC2)nc2cc(N=Cc3c(O)c4ccccc4oc3=O)ccc21. The molecule has 0 unspecified atom stereocenters. The monoisotopic (exact) mass is 416 g/mol. The zero-order valence-electron chi connectivity index (χ0n) is 17.4. The second-order valence-electron chi connectivity index (χ2n) is 8.00. The lowest BCUT2D eigenvalue weighted by atomic mass is 10.1. The molecule has 158 valence electrons. The molecule has 3 heterocycles. The van der Waals surface area contributed by atoms with Crippen LogP contribution in [0.1, 0.15) is 30.7 Å². The van der Waals surface area contributed by atoms with Crippen LogP contribution >= 0.6 is 0 Å². The molecule has 1 saturated heterocycles. The predicted molar refractivity (Wildman–Crippen MR) is 121 cm³/mol. The van der Waals surface area contributed by atoms with Gasteiger partial charge in [-0.1, -0.05) is 18.6 Å². The molecule has 1 aliphatic rings. The molecule has 2 aromatic carbocycles. The van der Waals surface area contributed by atoms with Crippen molar-refractivity contribution < 1.29 is 9.52 Å². The first kappa shape index (κ1) is 19.5. The van der Waals surface area contributed by atoms with Gasteiger partial charge in [0.25, 0.3) is 0 Å². The molecule has 1 aliphatic heterocycles. The van der Waals surface area contributed by atoms with Gasteiger partial charge in [0, 0.05) is 13.3 Å². The Morgan fingerprint density at radius 3 is 2.81 bits per heavy atom. The van der Waals surface area contributed by atoms with Crippen molar-refractivity contribution in [1.29, 1.82) is 0 Å². The highest BCUT2D eigenvalue weighted by Crippen LogP contribution is 2.26. The molecule has 0 aliphatic carbocycles. The summed E-state index contributed by atoms with van der Waals surface area (Å²) in [5.74, 6) is 0.907. The van der Waals surface area contributed by atoms with Crippen LogP contribution in [0.2, 0.25) is 0 Å². The lowest BCUT2D eigenvalue weighted by molar-refractivity contribution is 0.214. The second kappa shape index (κ2) is 8.00. The minimum atomic E-state index is -0.623. The van der Waals surface area contributed by atoms with Crippen molar-refractivity contribution in [2.75, 3.05) is 13.1 Å². The molecule has 0 atom stereocenters. The molecule has 1 N–H and O–H groups in total. The topological polar surface area (TPSA) is 83.9 Å². The fraction of sp³-hybridized carbons (Fsp3) is 0.292. The van der Waals surface area contributed by atoms with Gasteiger partial charge in [0.05, 0.1) is 28.7 Å². The van der Waals surface area contributed by atoms with E-state index in [0.29, 0.717) is 16.7 Å². The summed E-state index contributed by atoms with van der Waals surface area (Å²) in [4.78, 5) is 24.0. The third kappa shape index (κ3) is 3.72. The first-order valence-electron chi connectivity index (χ1n) is 10.6. The highest BCUT2D eigenvalue weighted by molar-refractivity contribution is 5.94. The Labute approximate surface area is 179 Å². The summed E-state index contributed by atoms with van der Waals surface area (Å²) in [6, 6.07) is 12.6. The number of rotatable bonds is 4. The number of piperidine rings is 1. The Balaban J connectivity index is 1.45. The van der Waals surface area contributed by atoms with E-state index in [1.807, 2.05) is 25.2 Å². The number of aromatic nitrogens is 2.